The maximum absolute atomic E-state index is 11.5. The van der Waals surface area contributed by atoms with Crippen molar-refractivity contribution in [2.75, 3.05) is 13.3 Å². The number of rotatable bonds is 4. The van der Waals surface area contributed by atoms with Crippen LogP contribution in [0.25, 0.3) is 0 Å². The lowest BCUT2D eigenvalue weighted by Crippen LogP contribution is -2.17. The predicted octanol–water partition coefficient (Wildman–Crippen LogP) is 0.270. The summed E-state index contributed by atoms with van der Waals surface area (Å²) < 4.78 is 16.0. The molecule has 0 amide bonds. The Bertz CT molecular complexity index is 105. The SMILES string of the molecule is CCOC(=O)CC(O)CF. The van der Waals surface area contributed by atoms with Gasteiger partial charge in [-0.15, -0.1) is 0 Å². The lowest BCUT2D eigenvalue weighted by Gasteiger charge is -2.03. The molecule has 0 bridgehead atoms. The summed E-state index contributed by atoms with van der Waals surface area (Å²) >= 11 is 0. The Morgan fingerprint density at radius 2 is 2.40 bits per heavy atom. The van der Waals surface area contributed by atoms with E-state index in [0.29, 0.717) is 0 Å². The molecular weight excluding hydrogens is 139 g/mol. The van der Waals surface area contributed by atoms with Gasteiger partial charge in [0.25, 0.3) is 0 Å². The van der Waals surface area contributed by atoms with Crippen molar-refractivity contribution in [2.45, 2.75) is 19.4 Å². The first-order chi connectivity index (χ1) is 4.70. The molecule has 0 fully saturated rings. The molecule has 0 aromatic heterocycles. The fourth-order valence-electron chi connectivity index (χ4n) is 0.467. The zero-order chi connectivity index (χ0) is 7.98. The zero-order valence-corrected chi connectivity index (χ0v) is 5.84. The van der Waals surface area contributed by atoms with Crippen molar-refractivity contribution in [1.82, 2.24) is 0 Å². The van der Waals surface area contributed by atoms with Crippen LogP contribution in [0.15, 0.2) is 0 Å². The molecule has 10 heavy (non-hydrogen) atoms. The van der Waals surface area contributed by atoms with Crippen molar-refractivity contribution in [3.05, 3.63) is 0 Å². The number of aliphatic hydroxyl groups is 1. The molecule has 0 rings (SSSR count). The first kappa shape index (κ1) is 9.36. The first-order valence-electron chi connectivity index (χ1n) is 3.10. The van der Waals surface area contributed by atoms with Crippen LogP contribution in [0, 0.1) is 0 Å². The highest BCUT2D eigenvalue weighted by atomic mass is 19.1. The molecule has 0 heterocycles. The number of hydrogen-bond acceptors (Lipinski definition) is 3. The molecule has 0 aromatic carbocycles. The molecule has 0 aromatic rings. The minimum absolute atomic E-state index is 0.260. The molecule has 0 saturated heterocycles. The topological polar surface area (TPSA) is 46.5 Å². The fourth-order valence-corrected chi connectivity index (χ4v) is 0.467. The van der Waals surface area contributed by atoms with E-state index >= 15 is 0 Å². The van der Waals surface area contributed by atoms with Gasteiger partial charge in [-0.25, -0.2) is 4.39 Å². The summed E-state index contributed by atoms with van der Waals surface area (Å²) in [4.78, 5) is 10.5. The first-order valence-corrected chi connectivity index (χ1v) is 3.10. The third kappa shape index (κ3) is 4.26. The van der Waals surface area contributed by atoms with Gasteiger partial charge in [0.1, 0.15) is 6.67 Å². The Hall–Kier alpha value is -0.640. The molecule has 1 unspecified atom stereocenters. The van der Waals surface area contributed by atoms with Gasteiger partial charge in [-0.2, -0.15) is 0 Å². The maximum atomic E-state index is 11.5. The predicted molar refractivity (Wildman–Crippen MR) is 33.2 cm³/mol. The summed E-state index contributed by atoms with van der Waals surface area (Å²) in [5.41, 5.74) is 0. The number of carbonyl (C=O) groups is 1. The summed E-state index contributed by atoms with van der Waals surface area (Å²) in [5, 5.41) is 8.58. The summed E-state index contributed by atoms with van der Waals surface area (Å²) in [6.07, 6.45) is -1.47. The second-order valence-corrected chi connectivity index (χ2v) is 1.82. The molecule has 0 radical (unpaired) electrons. The Labute approximate surface area is 58.8 Å². The average molecular weight is 150 g/mol. The van der Waals surface area contributed by atoms with Crippen molar-refractivity contribution >= 4 is 5.97 Å². The molecular formula is C6H11FO3. The van der Waals surface area contributed by atoms with Gasteiger partial charge in [-0.1, -0.05) is 0 Å². The van der Waals surface area contributed by atoms with Crippen LogP contribution in [0.2, 0.25) is 0 Å². The highest BCUT2D eigenvalue weighted by molar-refractivity contribution is 5.69. The highest BCUT2D eigenvalue weighted by Crippen LogP contribution is 1.94. The van der Waals surface area contributed by atoms with Crippen LogP contribution in [0.5, 0.6) is 0 Å². The van der Waals surface area contributed by atoms with E-state index in [-0.39, 0.29) is 13.0 Å². The third-order valence-electron chi connectivity index (χ3n) is 0.886. The van der Waals surface area contributed by atoms with E-state index in [0.717, 1.165) is 0 Å². The van der Waals surface area contributed by atoms with Gasteiger partial charge in [0, 0.05) is 0 Å². The number of esters is 1. The van der Waals surface area contributed by atoms with Gasteiger partial charge in [0.2, 0.25) is 0 Å². The molecule has 3 nitrogen and oxygen atoms in total. The monoisotopic (exact) mass is 150 g/mol. The lowest BCUT2D eigenvalue weighted by atomic mass is 10.3. The van der Waals surface area contributed by atoms with E-state index in [4.69, 9.17) is 5.11 Å². The number of ether oxygens (including phenoxy) is 1. The Kier molecular flexibility index (Phi) is 4.84. The van der Waals surface area contributed by atoms with Crippen molar-refractivity contribution in [3.63, 3.8) is 0 Å². The van der Waals surface area contributed by atoms with Gasteiger partial charge >= 0.3 is 5.97 Å². The summed E-state index contributed by atoms with van der Waals surface area (Å²) in [6, 6.07) is 0. The zero-order valence-electron chi connectivity index (χ0n) is 5.84. The standard InChI is InChI=1S/C6H11FO3/c1-2-10-6(9)3-5(8)4-7/h5,8H,2-4H2,1H3. The van der Waals surface area contributed by atoms with Crippen LogP contribution in [-0.2, 0) is 9.53 Å². The van der Waals surface area contributed by atoms with Gasteiger partial charge in [0.15, 0.2) is 0 Å². The van der Waals surface area contributed by atoms with Crippen molar-refractivity contribution in [1.29, 1.82) is 0 Å². The minimum Gasteiger partial charge on any atom is -0.466 e. The Morgan fingerprint density at radius 3 is 2.80 bits per heavy atom. The number of carbonyl (C=O) groups excluding carboxylic acids is 1. The largest absolute Gasteiger partial charge is 0.466 e. The van der Waals surface area contributed by atoms with Crippen molar-refractivity contribution in [2.24, 2.45) is 0 Å². The second-order valence-electron chi connectivity index (χ2n) is 1.82. The number of halogens is 1. The molecule has 0 aliphatic heterocycles. The molecule has 1 N–H and O–H groups in total. The minimum atomic E-state index is -1.21. The van der Waals surface area contributed by atoms with E-state index in [1.165, 1.54) is 0 Å². The molecule has 60 valence electrons. The molecule has 0 spiro atoms. The number of alkyl halides is 1. The number of aliphatic hydroxyl groups excluding tert-OH is 1. The van der Waals surface area contributed by atoms with Crippen LogP contribution >= 0.6 is 0 Å². The highest BCUT2D eigenvalue weighted by Gasteiger charge is 2.09. The molecule has 1 atom stereocenters. The van der Waals surface area contributed by atoms with Crippen LogP contribution in [0.3, 0.4) is 0 Å². The lowest BCUT2D eigenvalue weighted by molar-refractivity contribution is -0.145. The Morgan fingerprint density at radius 1 is 1.80 bits per heavy atom. The van der Waals surface area contributed by atoms with E-state index in [9.17, 15) is 9.18 Å². The normalized spacial score (nSPS) is 12.7. The van der Waals surface area contributed by atoms with Crippen LogP contribution in [0.1, 0.15) is 13.3 Å². The maximum Gasteiger partial charge on any atom is 0.308 e. The molecule has 0 aliphatic carbocycles. The molecule has 4 heteroatoms. The Balaban J connectivity index is 3.37. The van der Waals surface area contributed by atoms with Crippen molar-refractivity contribution in [3.8, 4) is 0 Å². The van der Waals surface area contributed by atoms with Gasteiger partial charge < -0.3 is 9.84 Å². The van der Waals surface area contributed by atoms with Gasteiger partial charge in [0.05, 0.1) is 19.1 Å². The summed E-state index contributed by atoms with van der Waals surface area (Å²) in [5.74, 6) is -0.562. The van der Waals surface area contributed by atoms with Crippen molar-refractivity contribution < 1.29 is 19.0 Å². The van der Waals surface area contributed by atoms with Gasteiger partial charge in [-0.3, -0.25) is 4.79 Å². The van der Waals surface area contributed by atoms with Gasteiger partial charge in [-0.05, 0) is 6.92 Å². The van der Waals surface area contributed by atoms with Crippen LogP contribution in [0.4, 0.5) is 4.39 Å². The van der Waals surface area contributed by atoms with E-state index in [1.54, 1.807) is 6.92 Å². The quantitative estimate of drug-likeness (QED) is 0.585. The van der Waals surface area contributed by atoms with E-state index < -0.39 is 18.7 Å². The summed E-state index contributed by atoms with van der Waals surface area (Å²) in [7, 11) is 0. The van der Waals surface area contributed by atoms with Crippen LogP contribution < -0.4 is 0 Å². The fraction of sp³-hybridized carbons (Fsp3) is 0.833. The van der Waals surface area contributed by atoms with Crippen LogP contribution in [-0.4, -0.2) is 30.5 Å². The average Bonchev–Trinajstić information content (AvgIpc) is 1.88. The third-order valence-corrected chi connectivity index (χ3v) is 0.886. The second kappa shape index (κ2) is 5.17. The smallest absolute Gasteiger partial charge is 0.308 e. The van der Waals surface area contributed by atoms with E-state index in [2.05, 4.69) is 4.74 Å². The number of hydrogen-bond donors (Lipinski definition) is 1. The van der Waals surface area contributed by atoms with E-state index in [1.807, 2.05) is 0 Å². The summed E-state index contributed by atoms with van der Waals surface area (Å²) in [6.45, 7) is 1.01. The molecule has 0 aliphatic rings. The molecule has 0 saturated carbocycles.